The van der Waals surface area contributed by atoms with Gasteiger partial charge in [0.25, 0.3) is 5.91 Å². The molecule has 0 unspecified atom stereocenters. The Morgan fingerprint density at radius 2 is 1.77 bits per heavy atom. The molecule has 4 rings (SSSR count). The fraction of sp³-hybridized carbons (Fsp3) is 0.370. The maximum atomic E-state index is 12.4. The van der Waals surface area contributed by atoms with Gasteiger partial charge in [-0.15, -0.1) is 0 Å². The molecule has 0 saturated heterocycles. The van der Waals surface area contributed by atoms with Gasteiger partial charge in [-0.3, -0.25) is 14.4 Å². The third-order valence-electron chi connectivity index (χ3n) is 6.66. The molecule has 7 nitrogen and oxygen atoms in total. The van der Waals surface area contributed by atoms with E-state index < -0.39 is 0 Å². The van der Waals surface area contributed by atoms with E-state index in [1.165, 1.54) is 12.7 Å². The van der Waals surface area contributed by atoms with Crippen molar-refractivity contribution < 1.29 is 19.1 Å². The maximum absolute atomic E-state index is 12.4. The molecule has 2 aromatic carbocycles. The fourth-order valence-electron chi connectivity index (χ4n) is 4.69. The number of fused-ring (bicyclic) bond motifs is 1. The Balaban J connectivity index is 1.20. The van der Waals surface area contributed by atoms with E-state index in [2.05, 4.69) is 27.8 Å². The molecule has 2 amide bonds. The monoisotopic (exact) mass is 495 g/mol. The number of ether oxygens (including phenoxy) is 1. The molecule has 0 atom stereocenters. The number of aromatic amines is 1. The van der Waals surface area contributed by atoms with Gasteiger partial charge in [-0.2, -0.15) is 0 Å². The van der Waals surface area contributed by atoms with Gasteiger partial charge in [0.2, 0.25) is 5.91 Å². The second-order valence-corrected chi connectivity index (χ2v) is 9.53. The highest BCUT2D eigenvalue weighted by Gasteiger charge is 2.24. The van der Waals surface area contributed by atoms with Crippen LogP contribution in [-0.4, -0.2) is 36.4 Å². The van der Waals surface area contributed by atoms with Crippen molar-refractivity contribution in [3.8, 4) is 0 Å². The number of hydrogen-bond acceptors (Lipinski definition) is 4. The number of amides is 2. The van der Waals surface area contributed by atoms with Gasteiger partial charge in [0.05, 0.1) is 7.11 Å². The van der Waals surface area contributed by atoms with Crippen LogP contribution in [0.4, 0.5) is 5.69 Å². The zero-order valence-corrected chi connectivity index (χ0v) is 20.5. The lowest BCUT2D eigenvalue weighted by atomic mass is 9.77. The molecule has 3 aromatic rings. The Hall–Kier alpha value is -3.32. The SMILES string of the molecule is COC(=O)CC1CCC(c2ccc(NC(=O)CCNC(=O)c3cc4cc(Cl)ccc4[nH]3)cc2)CC1. The first-order valence-electron chi connectivity index (χ1n) is 11.9. The summed E-state index contributed by atoms with van der Waals surface area (Å²) in [6.45, 7) is 0.230. The number of hydrogen-bond donors (Lipinski definition) is 3. The molecule has 1 aromatic heterocycles. The summed E-state index contributed by atoms with van der Waals surface area (Å²) in [4.78, 5) is 39.2. The molecule has 0 spiro atoms. The fourth-order valence-corrected chi connectivity index (χ4v) is 4.87. The lowest BCUT2D eigenvalue weighted by Crippen LogP contribution is -2.27. The summed E-state index contributed by atoms with van der Waals surface area (Å²) in [5, 5.41) is 7.12. The van der Waals surface area contributed by atoms with Gasteiger partial charge in [-0.25, -0.2) is 0 Å². The molecule has 184 valence electrons. The summed E-state index contributed by atoms with van der Waals surface area (Å²) in [5.41, 5.74) is 3.25. The van der Waals surface area contributed by atoms with Crippen LogP contribution in [-0.2, 0) is 14.3 Å². The molecule has 0 bridgehead atoms. The topological polar surface area (TPSA) is 100 Å². The highest BCUT2D eigenvalue weighted by molar-refractivity contribution is 6.31. The van der Waals surface area contributed by atoms with Gasteiger partial charge < -0.3 is 20.4 Å². The van der Waals surface area contributed by atoms with Crippen molar-refractivity contribution >= 4 is 46.0 Å². The summed E-state index contributed by atoms with van der Waals surface area (Å²) in [5.74, 6) is 0.328. The van der Waals surface area contributed by atoms with Crippen LogP contribution in [0.5, 0.6) is 0 Å². The number of benzene rings is 2. The number of rotatable bonds is 8. The largest absolute Gasteiger partial charge is 0.469 e. The highest BCUT2D eigenvalue weighted by atomic mass is 35.5. The molecule has 1 aliphatic rings. The summed E-state index contributed by atoms with van der Waals surface area (Å²) in [6.07, 6.45) is 4.83. The van der Waals surface area contributed by atoms with E-state index >= 15 is 0 Å². The predicted octanol–water partition coefficient (Wildman–Crippen LogP) is 5.42. The van der Waals surface area contributed by atoms with Crippen LogP contribution in [0.25, 0.3) is 10.9 Å². The van der Waals surface area contributed by atoms with E-state index in [1.54, 1.807) is 18.2 Å². The molecular formula is C27H30ClN3O4. The number of carbonyl (C=O) groups excluding carboxylic acids is 3. The molecule has 1 aliphatic carbocycles. The van der Waals surface area contributed by atoms with Crippen molar-refractivity contribution in [1.29, 1.82) is 0 Å². The van der Waals surface area contributed by atoms with Crippen LogP contribution in [0.3, 0.4) is 0 Å². The number of H-pyrrole nitrogens is 1. The minimum absolute atomic E-state index is 0.128. The molecular weight excluding hydrogens is 466 g/mol. The average Bonchev–Trinajstić information content (AvgIpc) is 3.28. The summed E-state index contributed by atoms with van der Waals surface area (Å²) in [7, 11) is 1.44. The molecule has 35 heavy (non-hydrogen) atoms. The predicted molar refractivity (Wildman–Crippen MR) is 137 cm³/mol. The van der Waals surface area contributed by atoms with Gasteiger partial charge >= 0.3 is 5.97 Å². The van der Waals surface area contributed by atoms with E-state index in [9.17, 15) is 14.4 Å². The Morgan fingerprint density at radius 1 is 1.03 bits per heavy atom. The summed E-state index contributed by atoms with van der Waals surface area (Å²) >= 11 is 5.99. The first-order valence-corrected chi connectivity index (χ1v) is 12.3. The number of carbonyl (C=O) groups is 3. The highest BCUT2D eigenvalue weighted by Crippen LogP contribution is 2.37. The third kappa shape index (κ3) is 6.63. The van der Waals surface area contributed by atoms with Gasteiger partial charge in [0.15, 0.2) is 0 Å². The molecule has 1 saturated carbocycles. The lowest BCUT2D eigenvalue weighted by molar-refractivity contribution is -0.142. The van der Waals surface area contributed by atoms with Crippen LogP contribution in [0.1, 0.15) is 60.5 Å². The van der Waals surface area contributed by atoms with E-state index in [4.69, 9.17) is 16.3 Å². The zero-order valence-electron chi connectivity index (χ0n) is 19.7. The van der Waals surface area contributed by atoms with Gasteiger partial charge in [-0.1, -0.05) is 23.7 Å². The first-order chi connectivity index (χ1) is 16.9. The van der Waals surface area contributed by atoms with E-state index in [0.717, 1.165) is 42.3 Å². The number of halogens is 1. The Morgan fingerprint density at radius 3 is 2.49 bits per heavy atom. The quantitative estimate of drug-likeness (QED) is 0.363. The molecule has 1 heterocycles. The molecule has 8 heteroatoms. The number of nitrogens with one attached hydrogen (secondary N) is 3. The normalized spacial score (nSPS) is 17.7. The number of anilines is 1. The number of aromatic nitrogens is 1. The number of esters is 1. The summed E-state index contributed by atoms with van der Waals surface area (Å²) in [6, 6.07) is 15.1. The minimum atomic E-state index is -0.268. The molecule has 3 N–H and O–H groups in total. The molecule has 0 radical (unpaired) electrons. The van der Waals surface area contributed by atoms with Crippen LogP contribution < -0.4 is 10.6 Å². The number of methoxy groups -OCH3 is 1. The smallest absolute Gasteiger partial charge is 0.305 e. The van der Waals surface area contributed by atoms with Gasteiger partial charge in [0.1, 0.15) is 5.69 Å². The zero-order chi connectivity index (χ0) is 24.8. The van der Waals surface area contributed by atoms with Crippen LogP contribution in [0, 0.1) is 5.92 Å². The van der Waals surface area contributed by atoms with Crippen molar-refractivity contribution in [1.82, 2.24) is 10.3 Å². The minimum Gasteiger partial charge on any atom is -0.469 e. The van der Waals surface area contributed by atoms with Crippen molar-refractivity contribution in [3.05, 3.63) is 64.8 Å². The Bertz CT molecular complexity index is 1200. The summed E-state index contributed by atoms with van der Waals surface area (Å²) < 4.78 is 4.78. The van der Waals surface area contributed by atoms with Gasteiger partial charge in [0, 0.05) is 41.0 Å². The van der Waals surface area contributed by atoms with Crippen molar-refractivity contribution in [3.63, 3.8) is 0 Å². The van der Waals surface area contributed by atoms with Gasteiger partial charge in [-0.05, 0) is 79.5 Å². The van der Waals surface area contributed by atoms with Crippen molar-refractivity contribution in [2.24, 2.45) is 5.92 Å². The van der Waals surface area contributed by atoms with Crippen molar-refractivity contribution in [2.75, 3.05) is 19.0 Å². The second kappa shape index (κ2) is 11.4. The van der Waals surface area contributed by atoms with E-state index in [0.29, 0.717) is 29.0 Å². The lowest BCUT2D eigenvalue weighted by Gasteiger charge is -2.28. The van der Waals surface area contributed by atoms with Crippen molar-refractivity contribution in [2.45, 2.75) is 44.4 Å². The Kier molecular flexibility index (Phi) is 8.08. The van der Waals surface area contributed by atoms with Crippen LogP contribution in [0.15, 0.2) is 48.5 Å². The van der Waals surface area contributed by atoms with Crippen LogP contribution in [0.2, 0.25) is 5.02 Å². The van der Waals surface area contributed by atoms with E-state index in [1.807, 2.05) is 18.2 Å². The third-order valence-corrected chi connectivity index (χ3v) is 6.90. The molecule has 1 fully saturated rings. The first kappa shape index (κ1) is 24.8. The Labute approximate surface area is 209 Å². The second-order valence-electron chi connectivity index (χ2n) is 9.09. The standard InChI is InChI=1S/C27H30ClN3O4/c1-35-26(33)14-17-2-4-18(5-3-17)19-6-9-22(10-7-19)30-25(32)12-13-29-27(34)24-16-20-15-21(28)8-11-23(20)31-24/h6-11,15-18,31H,2-5,12-14H2,1H3,(H,29,34)(H,30,32). The maximum Gasteiger partial charge on any atom is 0.305 e. The average molecular weight is 496 g/mol. The molecule has 0 aliphatic heterocycles. The van der Waals surface area contributed by atoms with E-state index in [-0.39, 0.29) is 30.7 Å². The van der Waals surface area contributed by atoms with Crippen LogP contribution >= 0.6 is 11.6 Å².